The highest BCUT2D eigenvalue weighted by atomic mass is 16.4. The van der Waals surface area contributed by atoms with E-state index in [4.69, 9.17) is 10.2 Å². The first-order chi connectivity index (χ1) is 7.31. The Kier molecular flexibility index (Phi) is 3.08. The van der Waals surface area contributed by atoms with Crippen molar-refractivity contribution in [1.82, 2.24) is 10.2 Å². The molecule has 0 amide bonds. The number of hydrogen-bond donors (Lipinski definition) is 1. The van der Waals surface area contributed by atoms with Crippen molar-refractivity contribution in [1.29, 1.82) is 0 Å². The lowest BCUT2D eigenvalue weighted by Crippen LogP contribution is -2.34. The monoisotopic (exact) mass is 210 g/mol. The molecule has 5 nitrogen and oxygen atoms in total. The van der Waals surface area contributed by atoms with E-state index in [2.05, 4.69) is 22.0 Å². The van der Waals surface area contributed by atoms with Crippen molar-refractivity contribution in [3.8, 4) is 0 Å². The molecule has 0 spiro atoms. The summed E-state index contributed by atoms with van der Waals surface area (Å²) in [5, 5.41) is 7.67. The van der Waals surface area contributed by atoms with Crippen molar-refractivity contribution in [2.24, 2.45) is 0 Å². The van der Waals surface area contributed by atoms with Crippen LogP contribution in [0.25, 0.3) is 0 Å². The Morgan fingerprint density at radius 1 is 1.40 bits per heavy atom. The van der Waals surface area contributed by atoms with Gasteiger partial charge >= 0.3 is 12.0 Å². The lowest BCUT2D eigenvalue weighted by Gasteiger charge is -2.26. The highest BCUT2D eigenvalue weighted by Crippen LogP contribution is 2.24. The van der Waals surface area contributed by atoms with Gasteiger partial charge in [-0.1, -0.05) is 30.0 Å². The van der Waals surface area contributed by atoms with Gasteiger partial charge in [-0.15, -0.1) is 0 Å². The second kappa shape index (κ2) is 4.51. The Balaban J connectivity index is 2.16. The molecule has 1 atom stereocenters. The average Bonchev–Trinajstić information content (AvgIpc) is 2.54. The fourth-order valence-electron chi connectivity index (χ4n) is 2.20. The molecular weight excluding hydrogens is 192 g/mol. The highest BCUT2D eigenvalue weighted by Gasteiger charge is 2.23. The zero-order valence-electron chi connectivity index (χ0n) is 9.15. The largest absolute Gasteiger partial charge is 0.390 e. The fourth-order valence-corrected chi connectivity index (χ4v) is 2.20. The van der Waals surface area contributed by atoms with Gasteiger partial charge in [0, 0.05) is 12.6 Å². The van der Waals surface area contributed by atoms with E-state index in [1.165, 1.54) is 25.7 Å². The van der Waals surface area contributed by atoms with Crippen LogP contribution in [-0.2, 0) is 0 Å². The van der Waals surface area contributed by atoms with E-state index in [9.17, 15) is 0 Å². The Labute approximate surface area is 89.6 Å². The third-order valence-corrected chi connectivity index (χ3v) is 3.02. The predicted molar refractivity (Wildman–Crippen MR) is 58.6 cm³/mol. The molecular formula is C10H18N4O. The molecule has 1 aromatic heterocycles. The van der Waals surface area contributed by atoms with Gasteiger partial charge in [0.1, 0.15) is 0 Å². The topological polar surface area (TPSA) is 68.2 Å². The van der Waals surface area contributed by atoms with Crippen LogP contribution >= 0.6 is 0 Å². The van der Waals surface area contributed by atoms with E-state index < -0.39 is 0 Å². The number of rotatable bonds is 2. The second-order valence-electron chi connectivity index (χ2n) is 4.03. The van der Waals surface area contributed by atoms with Gasteiger partial charge in [0.15, 0.2) is 0 Å². The summed E-state index contributed by atoms with van der Waals surface area (Å²) in [6, 6.07) is 1.26. The highest BCUT2D eigenvalue weighted by molar-refractivity contribution is 5.29. The minimum absolute atomic E-state index is 0.157. The van der Waals surface area contributed by atoms with E-state index in [0.29, 0.717) is 12.1 Å². The number of hydrogen-bond acceptors (Lipinski definition) is 5. The quantitative estimate of drug-likeness (QED) is 0.806. The van der Waals surface area contributed by atoms with Gasteiger partial charge in [0.25, 0.3) is 0 Å². The summed E-state index contributed by atoms with van der Waals surface area (Å²) in [5.74, 6) is 0. The summed E-state index contributed by atoms with van der Waals surface area (Å²) in [4.78, 5) is 2.20. The van der Waals surface area contributed by atoms with Crippen LogP contribution in [0.15, 0.2) is 4.42 Å². The molecule has 0 bridgehead atoms. The summed E-state index contributed by atoms with van der Waals surface area (Å²) >= 11 is 0. The minimum atomic E-state index is 0.157. The van der Waals surface area contributed by atoms with Crippen LogP contribution in [0.2, 0.25) is 0 Å². The van der Waals surface area contributed by atoms with Gasteiger partial charge in [-0.2, -0.15) is 0 Å². The summed E-state index contributed by atoms with van der Waals surface area (Å²) in [5.41, 5.74) is 5.44. The van der Waals surface area contributed by atoms with E-state index >= 15 is 0 Å². The summed E-state index contributed by atoms with van der Waals surface area (Å²) < 4.78 is 5.29. The van der Waals surface area contributed by atoms with E-state index in [-0.39, 0.29) is 6.01 Å². The van der Waals surface area contributed by atoms with E-state index in [1.54, 1.807) is 0 Å². The molecule has 1 fully saturated rings. The molecule has 1 aromatic rings. The smallest absolute Gasteiger partial charge is 0.319 e. The van der Waals surface area contributed by atoms with Gasteiger partial charge in [-0.05, 0) is 19.3 Å². The van der Waals surface area contributed by atoms with Crippen LogP contribution < -0.4 is 10.6 Å². The first kappa shape index (κ1) is 10.3. The molecule has 0 saturated carbocycles. The Hall–Kier alpha value is -1.26. The first-order valence-corrected chi connectivity index (χ1v) is 5.67. The molecule has 0 aromatic carbocycles. The second-order valence-corrected chi connectivity index (χ2v) is 4.03. The van der Waals surface area contributed by atoms with Gasteiger partial charge in [-0.25, -0.2) is 0 Å². The summed E-state index contributed by atoms with van der Waals surface area (Å²) in [6.07, 6.45) is 6.09. The summed E-state index contributed by atoms with van der Waals surface area (Å²) in [6.45, 7) is 3.20. The maximum atomic E-state index is 5.44. The molecule has 2 N–H and O–H groups in total. The van der Waals surface area contributed by atoms with Crippen molar-refractivity contribution in [2.45, 2.75) is 45.1 Å². The van der Waals surface area contributed by atoms with Crippen LogP contribution in [0.1, 0.15) is 39.0 Å². The molecule has 84 valence electrons. The van der Waals surface area contributed by atoms with Gasteiger partial charge in [0.05, 0.1) is 0 Å². The normalized spacial score (nSPS) is 22.7. The summed E-state index contributed by atoms with van der Waals surface area (Å²) in [7, 11) is 0. The van der Waals surface area contributed by atoms with Crippen molar-refractivity contribution < 1.29 is 4.42 Å². The number of nitrogens with zero attached hydrogens (tertiary/aromatic N) is 3. The molecule has 5 heteroatoms. The van der Waals surface area contributed by atoms with Crippen LogP contribution in [0.5, 0.6) is 0 Å². The maximum Gasteiger partial charge on any atom is 0.319 e. The molecule has 1 saturated heterocycles. The molecule has 0 aliphatic carbocycles. The van der Waals surface area contributed by atoms with Crippen LogP contribution in [0.4, 0.5) is 12.0 Å². The third-order valence-electron chi connectivity index (χ3n) is 3.02. The SMILES string of the molecule is CCC1CCCCCN1c1nnc(N)o1. The molecule has 15 heavy (non-hydrogen) atoms. The fraction of sp³-hybridized carbons (Fsp3) is 0.800. The molecule has 2 heterocycles. The van der Waals surface area contributed by atoms with Crippen LogP contribution in [0, 0.1) is 0 Å². The van der Waals surface area contributed by atoms with Crippen LogP contribution in [-0.4, -0.2) is 22.8 Å². The zero-order chi connectivity index (χ0) is 10.7. The number of nitrogen functional groups attached to an aromatic ring is 1. The van der Waals surface area contributed by atoms with E-state index in [1.807, 2.05) is 0 Å². The predicted octanol–water partition coefficient (Wildman–Crippen LogP) is 1.81. The van der Waals surface area contributed by atoms with Crippen molar-refractivity contribution in [3.63, 3.8) is 0 Å². The Morgan fingerprint density at radius 3 is 2.93 bits per heavy atom. The molecule has 2 rings (SSSR count). The number of aromatic nitrogens is 2. The number of nitrogens with two attached hydrogens (primary N) is 1. The van der Waals surface area contributed by atoms with Crippen LogP contribution in [0.3, 0.4) is 0 Å². The lowest BCUT2D eigenvalue weighted by molar-refractivity contribution is 0.486. The van der Waals surface area contributed by atoms with Gasteiger partial charge in [-0.3, -0.25) is 0 Å². The zero-order valence-corrected chi connectivity index (χ0v) is 9.15. The van der Waals surface area contributed by atoms with Crippen molar-refractivity contribution in [3.05, 3.63) is 0 Å². The third kappa shape index (κ3) is 2.22. The molecule has 1 aliphatic heterocycles. The van der Waals surface area contributed by atoms with E-state index in [0.717, 1.165) is 13.0 Å². The first-order valence-electron chi connectivity index (χ1n) is 5.67. The standard InChI is InChI=1S/C10H18N4O/c1-2-8-6-4-3-5-7-14(8)10-13-12-9(11)15-10/h8H,2-7H2,1H3,(H2,11,12). The molecule has 1 unspecified atom stereocenters. The number of anilines is 2. The molecule has 1 aliphatic rings. The van der Waals surface area contributed by atoms with Gasteiger partial charge in [0.2, 0.25) is 0 Å². The molecule has 0 radical (unpaired) electrons. The average molecular weight is 210 g/mol. The van der Waals surface area contributed by atoms with Crippen molar-refractivity contribution in [2.75, 3.05) is 17.2 Å². The maximum absolute atomic E-state index is 5.44. The van der Waals surface area contributed by atoms with Crippen molar-refractivity contribution >= 4 is 12.0 Å². The Bertz CT molecular complexity index is 312. The lowest BCUT2D eigenvalue weighted by atomic mass is 10.1. The van der Waals surface area contributed by atoms with Gasteiger partial charge < -0.3 is 15.1 Å². The Morgan fingerprint density at radius 2 is 2.27 bits per heavy atom. The minimum Gasteiger partial charge on any atom is -0.390 e.